The Hall–Kier alpha value is -1.37. The molecule has 1 aliphatic rings. The van der Waals surface area contributed by atoms with Gasteiger partial charge in [0.1, 0.15) is 5.69 Å². The van der Waals surface area contributed by atoms with Crippen molar-refractivity contribution < 1.29 is 4.92 Å². The Morgan fingerprint density at radius 2 is 2.11 bits per heavy atom. The van der Waals surface area contributed by atoms with E-state index >= 15 is 0 Å². The number of thioether (sulfide) groups is 1. The molecule has 104 valence electrons. The van der Waals surface area contributed by atoms with Crippen LogP contribution >= 0.6 is 11.8 Å². The molecule has 7 heteroatoms. The lowest BCUT2D eigenvalue weighted by molar-refractivity contribution is -0.389. The van der Waals surface area contributed by atoms with E-state index in [1.54, 1.807) is 14.0 Å². The van der Waals surface area contributed by atoms with Crippen LogP contribution in [-0.4, -0.2) is 27.7 Å². The Morgan fingerprint density at radius 1 is 1.42 bits per heavy atom. The molecular formula is C12H18N4O2S. The number of aryl methyl sites for hydroxylation is 1. The lowest BCUT2D eigenvalue weighted by Gasteiger charge is -2.09. The Kier molecular flexibility index (Phi) is 4.57. The highest BCUT2D eigenvalue weighted by Crippen LogP contribution is 2.35. The van der Waals surface area contributed by atoms with Crippen LogP contribution in [0.2, 0.25) is 0 Å². The molecule has 0 amide bonds. The molecule has 1 heterocycles. The fourth-order valence-corrected chi connectivity index (χ4v) is 3.57. The lowest BCUT2D eigenvalue weighted by atomic mass is 10.1. The van der Waals surface area contributed by atoms with Gasteiger partial charge in [0, 0.05) is 12.8 Å². The van der Waals surface area contributed by atoms with E-state index in [0.29, 0.717) is 22.6 Å². The summed E-state index contributed by atoms with van der Waals surface area (Å²) in [6.45, 7) is 1.65. The van der Waals surface area contributed by atoms with Gasteiger partial charge in [0.15, 0.2) is 5.03 Å². The number of rotatable bonds is 5. The summed E-state index contributed by atoms with van der Waals surface area (Å²) in [5.74, 6) is 2.01. The van der Waals surface area contributed by atoms with Crippen LogP contribution in [-0.2, 0) is 0 Å². The molecule has 2 rings (SSSR count). The Labute approximate surface area is 116 Å². The second kappa shape index (κ2) is 6.18. The zero-order chi connectivity index (χ0) is 13.8. The third kappa shape index (κ3) is 3.34. The van der Waals surface area contributed by atoms with Gasteiger partial charge in [-0.3, -0.25) is 10.1 Å². The molecule has 0 radical (unpaired) electrons. The zero-order valence-electron chi connectivity index (χ0n) is 11.2. The van der Waals surface area contributed by atoms with Crippen molar-refractivity contribution in [1.29, 1.82) is 0 Å². The number of nitrogens with one attached hydrogen (secondary N) is 1. The third-order valence-corrected chi connectivity index (χ3v) is 4.56. The monoisotopic (exact) mass is 282 g/mol. The van der Waals surface area contributed by atoms with Gasteiger partial charge in [0.25, 0.3) is 0 Å². The van der Waals surface area contributed by atoms with Gasteiger partial charge < -0.3 is 5.32 Å². The van der Waals surface area contributed by atoms with E-state index < -0.39 is 0 Å². The largest absolute Gasteiger partial charge is 0.357 e. The average Bonchev–Trinajstić information content (AvgIpc) is 2.88. The van der Waals surface area contributed by atoms with E-state index in [4.69, 9.17) is 0 Å². The van der Waals surface area contributed by atoms with E-state index in [-0.39, 0.29) is 10.6 Å². The van der Waals surface area contributed by atoms with Crippen molar-refractivity contribution in [1.82, 2.24) is 9.97 Å². The minimum Gasteiger partial charge on any atom is -0.357 e. The number of nitrogens with zero attached hydrogens (tertiary/aromatic N) is 3. The fraction of sp³-hybridized carbons (Fsp3) is 0.667. The van der Waals surface area contributed by atoms with E-state index in [0.717, 1.165) is 5.75 Å². The fourth-order valence-electron chi connectivity index (χ4n) is 2.34. The SMILES string of the molecule is CNc1nc(C)c([N+](=O)[O-])c(SCC2CCCC2)n1. The van der Waals surface area contributed by atoms with Crippen LogP contribution in [0.1, 0.15) is 31.4 Å². The van der Waals surface area contributed by atoms with E-state index in [1.165, 1.54) is 37.4 Å². The van der Waals surface area contributed by atoms with Crippen LogP contribution in [0.15, 0.2) is 5.03 Å². The van der Waals surface area contributed by atoms with Crippen LogP contribution in [0, 0.1) is 23.0 Å². The quantitative estimate of drug-likeness (QED) is 0.387. The van der Waals surface area contributed by atoms with Crippen molar-refractivity contribution >= 4 is 23.4 Å². The summed E-state index contributed by atoms with van der Waals surface area (Å²) >= 11 is 1.48. The minimum absolute atomic E-state index is 0.0435. The molecule has 0 aromatic carbocycles. The first kappa shape index (κ1) is 14.0. The number of nitro groups is 1. The summed E-state index contributed by atoms with van der Waals surface area (Å²) in [6.07, 6.45) is 5.00. The summed E-state index contributed by atoms with van der Waals surface area (Å²) < 4.78 is 0. The Bertz CT molecular complexity index is 475. The molecule has 19 heavy (non-hydrogen) atoms. The van der Waals surface area contributed by atoms with Gasteiger partial charge in [-0.05, 0) is 25.7 Å². The molecular weight excluding hydrogens is 264 g/mol. The average molecular weight is 282 g/mol. The summed E-state index contributed by atoms with van der Waals surface area (Å²) in [7, 11) is 1.71. The van der Waals surface area contributed by atoms with Crippen molar-refractivity contribution in [2.24, 2.45) is 5.92 Å². The molecule has 0 unspecified atom stereocenters. The molecule has 0 spiro atoms. The van der Waals surface area contributed by atoms with Crippen molar-refractivity contribution in [2.75, 3.05) is 18.1 Å². The molecule has 1 fully saturated rings. The molecule has 0 bridgehead atoms. The molecule has 1 aliphatic carbocycles. The second-order valence-corrected chi connectivity index (χ2v) is 5.76. The highest BCUT2D eigenvalue weighted by molar-refractivity contribution is 7.99. The van der Waals surface area contributed by atoms with Crippen molar-refractivity contribution in [3.8, 4) is 0 Å². The zero-order valence-corrected chi connectivity index (χ0v) is 12.0. The van der Waals surface area contributed by atoms with Gasteiger partial charge in [0.05, 0.1) is 4.92 Å². The maximum absolute atomic E-state index is 11.1. The predicted octanol–water partition coefficient (Wildman–Crippen LogP) is 3.02. The Balaban J connectivity index is 2.20. The van der Waals surface area contributed by atoms with E-state index in [2.05, 4.69) is 15.3 Å². The number of hydrogen-bond donors (Lipinski definition) is 1. The summed E-state index contributed by atoms with van der Waals surface area (Å²) in [4.78, 5) is 19.1. The molecule has 1 N–H and O–H groups in total. The highest BCUT2D eigenvalue weighted by atomic mass is 32.2. The lowest BCUT2D eigenvalue weighted by Crippen LogP contribution is -2.06. The van der Waals surface area contributed by atoms with Gasteiger partial charge in [-0.1, -0.05) is 24.6 Å². The minimum atomic E-state index is -0.383. The molecule has 0 aliphatic heterocycles. The molecule has 1 saturated carbocycles. The van der Waals surface area contributed by atoms with Crippen LogP contribution in [0.4, 0.5) is 11.6 Å². The first-order chi connectivity index (χ1) is 9.11. The molecule has 1 aromatic rings. The summed E-state index contributed by atoms with van der Waals surface area (Å²) in [6, 6.07) is 0. The maximum Gasteiger partial charge on any atom is 0.322 e. The number of aromatic nitrogens is 2. The van der Waals surface area contributed by atoms with Crippen LogP contribution in [0.5, 0.6) is 0 Å². The highest BCUT2D eigenvalue weighted by Gasteiger charge is 2.24. The van der Waals surface area contributed by atoms with Gasteiger partial charge in [0.2, 0.25) is 5.95 Å². The number of hydrogen-bond acceptors (Lipinski definition) is 6. The summed E-state index contributed by atoms with van der Waals surface area (Å²) in [5, 5.41) is 14.5. The standard InChI is InChI=1S/C12H18N4O2S/c1-8-10(16(17)18)11(15-12(13-2)14-8)19-7-9-5-3-4-6-9/h9H,3-7H2,1-2H3,(H,13,14,15). The van der Waals surface area contributed by atoms with E-state index in [1.807, 2.05) is 0 Å². The van der Waals surface area contributed by atoms with Crippen molar-refractivity contribution in [3.63, 3.8) is 0 Å². The molecule has 0 saturated heterocycles. The van der Waals surface area contributed by atoms with Gasteiger partial charge in [-0.15, -0.1) is 0 Å². The molecule has 0 atom stereocenters. The second-order valence-electron chi connectivity index (χ2n) is 4.75. The van der Waals surface area contributed by atoms with Gasteiger partial charge in [-0.2, -0.15) is 4.98 Å². The van der Waals surface area contributed by atoms with Crippen molar-refractivity contribution in [3.05, 3.63) is 15.8 Å². The first-order valence-electron chi connectivity index (χ1n) is 6.45. The van der Waals surface area contributed by atoms with Crippen LogP contribution in [0.3, 0.4) is 0 Å². The summed E-state index contributed by atoms with van der Waals surface area (Å²) in [5.41, 5.74) is 0.459. The number of anilines is 1. The van der Waals surface area contributed by atoms with Crippen molar-refractivity contribution in [2.45, 2.75) is 37.6 Å². The smallest absolute Gasteiger partial charge is 0.322 e. The predicted molar refractivity (Wildman–Crippen MR) is 75.7 cm³/mol. The topological polar surface area (TPSA) is 81.0 Å². The first-order valence-corrected chi connectivity index (χ1v) is 7.44. The molecule has 1 aromatic heterocycles. The Morgan fingerprint density at radius 3 is 2.68 bits per heavy atom. The van der Waals surface area contributed by atoms with E-state index in [9.17, 15) is 10.1 Å². The maximum atomic E-state index is 11.1. The van der Waals surface area contributed by atoms with Crippen LogP contribution < -0.4 is 5.32 Å². The van der Waals surface area contributed by atoms with Gasteiger partial charge >= 0.3 is 5.69 Å². The van der Waals surface area contributed by atoms with Gasteiger partial charge in [-0.25, -0.2) is 4.98 Å². The van der Waals surface area contributed by atoms with Crippen LogP contribution in [0.25, 0.3) is 0 Å². The normalized spacial score (nSPS) is 15.7. The third-order valence-electron chi connectivity index (χ3n) is 3.36. The molecule has 6 nitrogen and oxygen atoms in total.